The molecule has 3 atom stereocenters. The van der Waals surface area contributed by atoms with Crippen LogP contribution >= 0.6 is 0 Å². The molecule has 4 rings (SSSR count). The van der Waals surface area contributed by atoms with E-state index in [0.29, 0.717) is 0 Å². The van der Waals surface area contributed by atoms with E-state index < -0.39 is 0 Å². The largest absolute Gasteiger partial charge is 0.300 e. The zero-order chi connectivity index (χ0) is 14.9. The zero-order valence-corrected chi connectivity index (χ0v) is 13.7. The number of allylic oxidation sites excluding steroid dienone is 2. The van der Waals surface area contributed by atoms with Gasteiger partial charge in [0.1, 0.15) is 0 Å². The Labute approximate surface area is 134 Å². The van der Waals surface area contributed by atoms with Gasteiger partial charge >= 0.3 is 0 Å². The lowest BCUT2D eigenvalue weighted by molar-refractivity contribution is 0.108. The number of piperazine rings is 1. The minimum absolute atomic E-state index is 0.898. The Balaban J connectivity index is 1.25. The van der Waals surface area contributed by atoms with Crippen molar-refractivity contribution in [3.63, 3.8) is 0 Å². The molecule has 2 aliphatic carbocycles. The number of rotatable bonds is 4. The summed E-state index contributed by atoms with van der Waals surface area (Å²) in [5.74, 6) is 2.76. The van der Waals surface area contributed by atoms with Crippen LogP contribution in [0.25, 0.3) is 0 Å². The highest BCUT2D eigenvalue weighted by Gasteiger charge is 2.36. The molecule has 0 aromatic heterocycles. The number of fused-ring (bicyclic) bond motifs is 2. The third kappa shape index (κ3) is 3.13. The number of aryl methyl sites for hydroxylation is 1. The summed E-state index contributed by atoms with van der Waals surface area (Å²) in [5.41, 5.74) is 2.84. The zero-order valence-electron chi connectivity index (χ0n) is 13.7. The Morgan fingerprint density at radius 2 is 1.82 bits per heavy atom. The monoisotopic (exact) mass is 296 g/mol. The van der Waals surface area contributed by atoms with Crippen molar-refractivity contribution in [2.24, 2.45) is 17.8 Å². The highest BCUT2D eigenvalue weighted by atomic mass is 15.3. The molecule has 3 aliphatic rings. The van der Waals surface area contributed by atoms with Crippen LogP contribution in [0.5, 0.6) is 0 Å². The highest BCUT2D eigenvalue weighted by Crippen LogP contribution is 2.43. The molecule has 22 heavy (non-hydrogen) atoms. The Bertz CT molecular complexity index is 542. The van der Waals surface area contributed by atoms with E-state index in [1.807, 2.05) is 0 Å². The number of hydrogen-bond acceptors (Lipinski definition) is 2. The highest BCUT2D eigenvalue weighted by molar-refractivity contribution is 5.22. The van der Waals surface area contributed by atoms with Crippen LogP contribution in [-0.2, 0) is 6.54 Å². The van der Waals surface area contributed by atoms with Gasteiger partial charge in [-0.3, -0.25) is 4.90 Å². The second kappa shape index (κ2) is 6.17. The Hall–Kier alpha value is -1.12. The molecule has 1 saturated heterocycles. The minimum atomic E-state index is 0.898. The van der Waals surface area contributed by atoms with Crippen LogP contribution < -0.4 is 0 Å². The van der Waals surface area contributed by atoms with Gasteiger partial charge in [0, 0.05) is 39.3 Å². The predicted molar refractivity (Wildman–Crippen MR) is 91.7 cm³/mol. The van der Waals surface area contributed by atoms with Crippen LogP contribution in [-0.4, -0.2) is 42.5 Å². The van der Waals surface area contributed by atoms with Gasteiger partial charge in [-0.2, -0.15) is 0 Å². The average Bonchev–Trinajstić information content (AvgIpc) is 3.12. The Morgan fingerprint density at radius 1 is 1.00 bits per heavy atom. The standard InChI is InChI=1S/C20H28N2/c1-16-3-2-4-18(11-16)14-21-7-9-22(10-8-21)15-20-13-17-5-6-19(20)12-17/h2-6,11,17,19-20H,7-10,12-15H2,1H3/t17-,19-,20+/m0/s1. The lowest BCUT2D eigenvalue weighted by Gasteiger charge is -2.37. The van der Waals surface area contributed by atoms with E-state index in [1.165, 1.54) is 56.7 Å². The number of hydrogen-bond donors (Lipinski definition) is 0. The third-order valence-electron chi connectivity index (χ3n) is 5.86. The van der Waals surface area contributed by atoms with E-state index in [1.54, 1.807) is 0 Å². The van der Waals surface area contributed by atoms with E-state index >= 15 is 0 Å². The normalized spacial score (nSPS) is 32.0. The number of nitrogens with zero attached hydrogens (tertiary/aromatic N) is 2. The van der Waals surface area contributed by atoms with Crippen LogP contribution in [0.15, 0.2) is 36.4 Å². The second-order valence-corrected chi connectivity index (χ2v) is 7.61. The first-order valence-corrected chi connectivity index (χ1v) is 8.95. The van der Waals surface area contributed by atoms with Crippen LogP contribution in [0.4, 0.5) is 0 Å². The summed E-state index contributed by atoms with van der Waals surface area (Å²) in [5, 5.41) is 0. The van der Waals surface area contributed by atoms with Gasteiger partial charge in [-0.1, -0.05) is 42.0 Å². The van der Waals surface area contributed by atoms with Crippen molar-refractivity contribution in [3.8, 4) is 0 Å². The fraction of sp³-hybridized carbons (Fsp3) is 0.600. The summed E-state index contributed by atoms with van der Waals surface area (Å²) >= 11 is 0. The maximum absolute atomic E-state index is 2.71. The first-order valence-electron chi connectivity index (χ1n) is 8.95. The molecule has 2 heteroatoms. The summed E-state index contributed by atoms with van der Waals surface area (Å²) in [6, 6.07) is 8.96. The van der Waals surface area contributed by atoms with Crippen molar-refractivity contribution < 1.29 is 0 Å². The first kappa shape index (κ1) is 14.5. The van der Waals surface area contributed by atoms with Crippen molar-refractivity contribution in [3.05, 3.63) is 47.5 Å². The average molecular weight is 296 g/mol. The molecule has 0 radical (unpaired) electrons. The van der Waals surface area contributed by atoms with E-state index in [-0.39, 0.29) is 0 Å². The molecule has 1 aromatic carbocycles. The van der Waals surface area contributed by atoms with Gasteiger partial charge in [-0.15, -0.1) is 0 Å². The lowest BCUT2D eigenvalue weighted by Crippen LogP contribution is -2.47. The quantitative estimate of drug-likeness (QED) is 0.786. The van der Waals surface area contributed by atoms with Crippen molar-refractivity contribution in [2.75, 3.05) is 32.7 Å². The molecular formula is C20H28N2. The maximum atomic E-state index is 2.71. The van der Waals surface area contributed by atoms with Crippen molar-refractivity contribution in [1.82, 2.24) is 9.80 Å². The summed E-state index contributed by atoms with van der Waals surface area (Å²) in [6.45, 7) is 9.60. The van der Waals surface area contributed by atoms with Gasteiger partial charge < -0.3 is 4.90 Å². The SMILES string of the molecule is Cc1cccc(CN2CCN(C[C@H]3C[C@H]4C=C[C@H]3C4)CC2)c1. The molecule has 2 bridgehead atoms. The van der Waals surface area contributed by atoms with E-state index in [0.717, 1.165) is 24.3 Å². The van der Waals surface area contributed by atoms with Gasteiger partial charge in [0.2, 0.25) is 0 Å². The van der Waals surface area contributed by atoms with Crippen LogP contribution in [0.1, 0.15) is 24.0 Å². The summed E-state index contributed by atoms with van der Waals surface area (Å²) < 4.78 is 0. The van der Waals surface area contributed by atoms with E-state index in [2.05, 4.69) is 53.1 Å². The molecule has 0 N–H and O–H groups in total. The minimum Gasteiger partial charge on any atom is -0.300 e. The molecule has 1 aromatic rings. The van der Waals surface area contributed by atoms with E-state index in [4.69, 9.17) is 0 Å². The molecule has 0 amide bonds. The van der Waals surface area contributed by atoms with Crippen molar-refractivity contribution in [1.29, 1.82) is 0 Å². The van der Waals surface area contributed by atoms with Crippen LogP contribution in [0.3, 0.4) is 0 Å². The molecule has 0 spiro atoms. The summed E-state index contributed by atoms with van der Waals surface area (Å²) in [7, 11) is 0. The predicted octanol–water partition coefficient (Wildman–Crippen LogP) is 3.32. The van der Waals surface area contributed by atoms with Crippen molar-refractivity contribution in [2.45, 2.75) is 26.3 Å². The maximum Gasteiger partial charge on any atom is 0.0234 e. The van der Waals surface area contributed by atoms with Gasteiger partial charge in [0.15, 0.2) is 0 Å². The van der Waals surface area contributed by atoms with Gasteiger partial charge in [-0.25, -0.2) is 0 Å². The van der Waals surface area contributed by atoms with Gasteiger partial charge in [0.05, 0.1) is 0 Å². The Morgan fingerprint density at radius 3 is 2.50 bits per heavy atom. The fourth-order valence-electron chi connectivity index (χ4n) is 4.63. The van der Waals surface area contributed by atoms with Gasteiger partial charge in [0.25, 0.3) is 0 Å². The summed E-state index contributed by atoms with van der Waals surface area (Å²) in [4.78, 5) is 5.33. The third-order valence-corrected chi connectivity index (χ3v) is 5.86. The molecule has 1 saturated carbocycles. The second-order valence-electron chi connectivity index (χ2n) is 7.61. The molecule has 0 unspecified atom stereocenters. The first-order chi connectivity index (χ1) is 10.8. The molecule has 1 aliphatic heterocycles. The van der Waals surface area contributed by atoms with Crippen LogP contribution in [0.2, 0.25) is 0 Å². The lowest BCUT2D eigenvalue weighted by atomic mass is 9.93. The molecule has 2 nitrogen and oxygen atoms in total. The van der Waals surface area contributed by atoms with Gasteiger partial charge in [-0.05, 0) is 43.1 Å². The van der Waals surface area contributed by atoms with E-state index in [9.17, 15) is 0 Å². The van der Waals surface area contributed by atoms with Crippen molar-refractivity contribution >= 4 is 0 Å². The molecule has 2 fully saturated rings. The smallest absolute Gasteiger partial charge is 0.0234 e. The topological polar surface area (TPSA) is 6.48 Å². The summed E-state index contributed by atoms with van der Waals surface area (Å²) in [6.07, 6.45) is 7.84. The number of benzene rings is 1. The Kier molecular flexibility index (Phi) is 4.06. The molecular weight excluding hydrogens is 268 g/mol. The van der Waals surface area contributed by atoms with Crippen LogP contribution in [0, 0.1) is 24.7 Å². The molecule has 118 valence electrons. The fourth-order valence-corrected chi connectivity index (χ4v) is 4.63. The molecule has 1 heterocycles.